The summed E-state index contributed by atoms with van der Waals surface area (Å²) >= 11 is 1.28. The number of hydrogen-bond acceptors (Lipinski definition) is 6. The van der Waals surface area contributed by atoms with Crippen LogP contribution in [0.15, 0.2) is 77.7 Å². The molecule has 36 heavy (non-hydrogen) atoms. The normalized spacial score (nSPS) is 11.9. The molecule has 0 spiro atoms. The standard InChI is InChI=1S/C27H28N2O5S2/c1-27(2,3)19-9-12-21(13-10-19)36(32,33)29-20-11-14-23-22(17-20)24(18-7-5-4-6-8-18)25(35-23)34-26(31)28-15-16-30/h4-14,17,29-30H,15-16H2,1-3H3,(H,28,31). The Morgan fingerprint density at radius 2 is 1.69 bits per heavy atom. The van der Waals surface area contributed by atoms with Crippen LogP contribution in [-0.4, -0.2) is 32.8 Å². The summed E-state index contributed by atoms with van der Waals surface area (Å²) in [5, 5.41) is 12.6. The number of carbonyl (C=O) groups excluding carboxylic acids is 1. The summed E-state index contributed by atoms with van der Waals surface area (Å²) in [6.45, 7) is 6.10. The lowest BCUT2D eigenvalue weighted by Gasteiger charge is -2.19. The van der Waals surface area contributed by atoms with Crippen LogP contribution in [0.4, 0.5) is 10.5 Å². The summed E-state index contributed by atoms with van der Waals surface area (Å²) in [6, 6.07) is 21.5. The van der Waals surface area contributed by atoms with E-state index in [1.807, 2.05) is 42.5 Å². The molecule has 0 unspecified atom stereocenters. The molecule has 1 aromatic heterocycles. The van der Waals surface area contributed by atoms with Gasteiger partial charge in [0.15, 0.2) is 5.06 Å². The molecule has 9 heteroatoms. The van der Waals surface area contributed by atoms with Crippen LogP contribution in [0.1, 0.15) is 26.3 Å². The van der Waals surface area contributed by atoms with E-state index in [1.165, 1.54) is 11.3 Å². The van der Waals surface area contributed by atoms with Gasteiger partial charge in [-0.15, -0.1) is 0 Å². The van der Waals surface area contributed by atoms with Crippen molar-refractivity contribution in [3.8, 4) is 16.2 Å². The Morgan fingerprint density at radius 3 is 2.33 bits per heavy atom. The maximum absolute atomic E-state index is 13.1. The number of fused-ring (bicyclic) bond motifs is 1. The smallest absolute Gasteiger partial charge is 0.399 e. The Bertz CT molecular complexity index is 1470. The second kappa shape index (κ2) is 10.3. The number of nitrogens with one attached hydrogen (secondary N) is 2. The molecule has 0 radical (unpaired) electrons. The maximum Gasteiger partial charge on any atom is 0.413 e. The molecule has 0 aliphatic rings. The maximum atomic E-state index is 13.1. The van der Waals surface area contributed by atoms with Gasteiger partial charge >= 0.3 is 6.09 Å². The Morgan fingerprint density at radius 1 is 1.00 bits per heavy atom. The summed E-state index contributed by atoms with van der Waals surface area (Å²) < 4.78 is 35.3. The molecule has 188 valence electrons. The zero-order chi connectivity index (χ0) is 25.9. The fourth-order valence-electron chi connectivity index (χ4n) is 3.72. The number of amides is 1. The predicted octanol–water partition coefficient (Wildman–Crippen LogP) is 5.75. The highest BCUT2D eigenvalue weighted by Crippen LogP contribution is 2.45. The first-order chi connectivity index (χ1) is 17.1. The molecule has 7 nitrogen and oxygen atoms in total. The molecule has 0 aliphatic carbocycles. The molecule has 1 amide bonds. The van der Waals surface area contributed by atoms with Gasteiger partial charge in [-0.25, -0.2) is 13.2 Å². The molecular weight excluding hydrogens is 496 g/mol. The molecule has 0 aliphatic heterocycles. The zero-order valence-electron chi connectivity index (χ0n) is 20.2. The number of rotatable bonds is 7. The molecule has 0 saturated carbocycles. The number of carbonyl (C=O) groups is 1. The Kier molecular flexibility index (Phi) is 7.35. The van der Waals surface area contributed by atoms with Crippen molar-refractivity contribution in [3.63, 3.8) is 0 Å². The third-order valence-electron chi connectivity index (χ3n) is 5.57. The van der Waals surface area contributed by atoms with Gasteiger partial charge < -0.3 is 15.2 Å². The number of ether oxygens (including phenoxy) is 1. The molecule has 4 rings (SSSR count). The first-order valence-electron chi connectivity index (χ1n) is 11.4. The fourth-order valence-corrected chi connectivity index (χ4v) is 5.82. The molecule has 3 N–H and O–H groups in total. The van der Waals surface area contributed by atoms with Crippen LogP contribution in [0.25, 0.3) is 21.2 Å². The van der Waals surface area contributed by atoms with E-state index < -0.39 is 16.1 Å². The van der Waals surface area contributed by atoms with Gasteiger partial charge in [-0.1, -0.05) is 74.6 Å². The summed E-state index contributed by atoms with van der Waals surface area (Å²) in [6.07, 6.45) is -0.674. The van der Waals surface area contributed by atoms with E-state index in [1.54, 1.807) is 30.3 Å². The molecule has 0 atom stereocenters. The summed E-state index contributed by atoms with van der Waals surface area (Å²) in [5.74, 6) is 0. The van der Waals surface area contributed by atoms with E-state index in [-0.39, 0.29) is 23.5 Å². The number of thiophene rings is 1. The molecule has 4 aromatic rings. The van der Waals surface area contributed by atoms with Gasteiger partial charge in [0.2, 0.25) is 0 Å². The second-order valence-corrected chi connectivity index (χ2v) is 12.0. The topological polar surface area (TPSA) is 105 Å². The SMILES string of the molecule is CC(C)(C)c1ccc(S(=O)(=O)Nc2ccc3sc(OC(=O)NCCO)c(-c4ccccc4)c3c2)cc1. The minimum absolute atomic E-state index is 0.0764. The molecule has 3 aromatic carbocycles. The van der Waals surface area contributed by atoms with Crippen molar-refractivity contribution in [1.29, 1.82) is 0 Å². The lowest BCUT2D eigenvalue weighted by atomic mass is 9.87. The first kappa shape index (κ1) is 25.7. The summed E-state index contributed by atoms with van der Waals surface area (Å²) in [4.78, 5) is 12.4. The third-order valence-corrected chi connectivity index (χ3v) is 8.01. The van der Waals surface area contributed by atoms with Gasteiger partial charge in [0.05, 0.1) is 11.5 Å². The van der Waals surface area contributed by atoms with Crippen LogP contribution in [0, 0.1) is 0 Å². The number of aliphatic hydroxyl groups excluding tert-OH is 1. The van der Waals surface area contributed by atoms with Crippen LogP contribution in [0.2, 0.25) is 0 Å². The predicted molar refractivity (Wildman–Crippen MR) is 144 cm³/mol. The van der Waals surface area contributed by atoms with E-state index >= 15 is 0 Å². The monoisotopic (exact) mass is 524 g/mol. The van der Waals surface area contributed by atoms with Crippen LogP contribution in [-0.2, 0) is 15.4 Å². The van der Waals surface area contributed by atoms with Gasteiger partial charge in [-0.2, -0.15) is 0 Å². The minimum Gasteiger partial charge on any atom is -0.399 e. The van der Waals surface area contributed by atoms with Gasteiger partial charge in [-0.3, -0.25) is 4.72 Å². The number of sulfonamides is 1. The van der Waals surface area contributed by atoms with E-state index in [9.17, 15) is 13.2 Å². The van der Waals surface area contributed by atoms with Crippen molar-refractivity contribution in [2.45, 2.75) is 31.1 Å². The quantitative estimate of drug-likeness (QED) is 0.286. The van der Waals surface area contributed by atoms with E-state index in [2.05, 4.69) is 30.8 Å². The average molecular weight is 525 g/mol. The Labute approximate surface area is 214 Å². The molecule has 0 fully saturated rings. The van der Waals surface area contributed by atoms with E-state index in [0.717, 1.165) is 21.2 Å². The number of aliphatic hydroxyl groups is 1. The number of hydrogen-bond donors (Lipinski definition) is 3. The lowest BCUT2D eigenvalue weighted by Crippen LogP contribution is -2.29. The van der Waals surface area contributed by atoms with E-state index in [0.29, 0.717) is 16.3 Å². The van der Waals surface area contributed by atoms with Crippen molar-refractivity contribution in [2.75, 3.05) is 17.9 Å². The Balaban J connectivity index is 1.70. The van der Waals surface area contributed by atoms with Gasteiger partial charge in [0.25, 0.3) is 10.0 Å². The van der Waals surface area contributed by atoms with Gasteiger partial charge in [0, 0.05) is 27.9 Å². The van der Waals surface area contributed by atoms with Gasteiger partial charge in [0.1, 0.15) is 0 Å². The summed E-state index contributed by atoms with van der Waals surface area (Å²) in [7, 11) is -3.81. The van der Waals surface area contributed by atoms with Crippen molar-refractivity contribution in [1.82, 2.24) is 5.32 Å². The third kappa shape index (κ3) is 5.70. The number of benzene rings is 3. The van der Waals surface area contributed by atoms with Crippen molar-refractivity contribution >= 4 is 43.2 Å². The number of anilines is 1. The highest BCUT2D eigenvalue weighted by molar-refractivity contribution is 7.92. The lowest BCUT2D eigenvalue weighted by molar-refractivity contribution is 0.197. The first-order valence-corrected chi connectivity index (χ1v) is 13.7. The van der Waals surface area contributed by atoms with Crippen LogP contribution >= 0.6 is 11.3 Å². The minimum atomic E-state index is -3.81. The largest absolute Gasteiger partial charge is 0.413 e. The molecule has 0 bridgehead atoms. The van der Waals surface area contributed by atoms with Crippen LogP contribution in [0.3, 0.4) is 0 Å². The van der Waals surface area contributed by atoms with Gasteiger partial charge in [-0.05, 0) is 46.9 Å². The van der Waals surface area contributed by atoms with Crippen molar-refractivity contribution < 1.29 is 23.1 Å². The second-order valence-electron chi connectivity index (χ2n) is 9.26. The molecule has 0 saturated heterocycles. The highest BCUT2D eigenvalue weighted by atomic mass is 32.2. The average Bonchev–Trinajstić information content (AvgIpc) is 3.19. The summed E-state index contributed by atoms with van der Waals surface area (Å²) in [5.41, 5.74) is 2.87. The van der Waals surface area contributed by atoms with Crippen LogP contribution < -0.4 is 14.8 Å². The Hall–Kier alpha value is -3.40. The van der Waals surface area contributed by atoms with Crippen LogP contribution in [0.5, 0.6) is 5.06 Å². The van der Waals surface area contributed by atoms with Crippen molar-refractivity contribution in [2.24, 2.45) is 0 Å². The zero-order valence-corrected chi connectivity index (χ0v) is 21.9. The highest BCUT2D eigenvalue weighted by Gasteiger charge is 2.21. The molecule has 1 heterocycles. The fraction of sp³-hybridized carbons (Fsp3) is 0.222. The van der Waals surface area contributed by atoms with Crippen molar-refractivity contribution in [3.05, 3.63) is 78.4 Å². The molecular formula is C27H28N2O5S2. The van der Waals surface area contributed by atoms with E-state index in [4.69, 9.17) is 9.84 Å².